The van der Waals surface area contributed by atoms with E-state index in [0.717, 1.165) is 49.1 Å². The summed E-state index contributed by atoms with van der Waals surface area (Å²) in [5, 5.41) is 7.88. The third kappa shape index (κ3) is 2.59. The van der Waals surface area contributed by atoms with Gasteiger partial charge in [-0.15, -0.1) is 0 Å². The van der Waals surface area contributed by atoms with E-state index in [4.69, 9.17) is 9.26 Å². The zero-order chi connectivity index (χ0) is 16.7. The van der Waals surface area contributed by atoms with Gasteiger partial charge >= 0.3 is 6.18 Å². The number of hydrogen-bond acceptors (Lipinski definition) is 5. The molecule has 1 aliphatic carbocycles. The van der Waals surface area contributed by atoms with E-state index in [9.17, 15) is 13.2 Å². The summed E-state index contributed by atoms with van der Waals surface area (Å²) in [6.45, 7) is 0.0229. The van der Waals surface area contributed by atoms with Gasteiger partial charge in [0.05, 0.1) is 5.56 Å². The average molecular weight is 338 g/mol. The van der Waals surface area contributed by atoms with Crippen LogP contribution in [0.15, 0.2) is 23.0 Å². The molecule has 0 amide bonds. The van der Waals surface area contributed by atoms with Crippen molar-refractivity contribution in [2.75, 3.05) is 0 Å². The fourth-order valence-corrected chi connectivity index (χ4v) is 2.86. The van der Waals surface area contributed by atoms with Crippen molar-refractivity contribution in [3.8, 4) is 5.88 Å². The molecule has 6 nitrogen and oxygen atoms in total. The second-order valence-corrected chi connectivity index (χ2v) is 5.64. The van der Waals surface area contributed by atoms with Crippen molar-refractivity contribution >= 4 is 5.65 Å². The first kappa shape index (κ1) is 15.0. The predicted molar refractivity (Wildman–Crippen MR) is 75.5 cm³/mol. The molecule has 9 heteroatoms. The number of hydrogen-bond donors (Lipinski definition) is 0. The van der Waals surface area contributed by atoms with Crippen molar-refractivity contribution in [2.24, 2.45) is 0 Å². The van der Waals surface area contributed by atoms with E-state index in [2.05, 4.69) is 15.2 Å². The highest BCUT2D eigenvalue weighted by Crippen LogP contribution is 2.33. The van der Waals surface area contributed by atoms with E-state index in [1.54, 1.807) is 0 Å². The Morgan fingerprint density at radius 2 is 2.04 bits per heavy atom. The number of fused-ring (bicyclic) bond motifs is 2. The molecule has 0 radical (unpaired) electrons. The summed E-state index contributed by atoms with van der Waals surface area (Å²) in [4.78, 5) is 3.81. The van der Waals surface area contributed by atoms with Gasteiger partial charge in [-0.2, -0.15) is 22.8 Å². The lowest BCUT2D eigenvalue weighted by Gasteiger charge is -2.12. The highest BCUT2D eigenvalue weighted by atomic mass is 19.4. The first-order valence-corrected chi connectivity index (χ1v) is 7.52. The second kappa shape index (κ2) is 5.50. The molecule has 3 aromatic heterocycles. The highest BCUT2D eigenvalue weighted by Gasteiger charge is 2.32. The maximum atomic E-state index is 13.0. The fourth-order valence-electron chi connectivity index (χ4n) is 2.86. The molecule has 3 aromatic rings. The van der Waals surface area contributed by atoms with E-state index >= 15 is 0 Å². The number of ether oxygens (including phenoxy) is 1. The summed E-state index contributed by atoms with van der Waals surface area (Å²) >= 11 is 0. The Morgan fingerprint density at radius 3 is 2.88 bits per heavy atom. The molecular weight excluding hydrogens is 325 g/mol. The quantitative estimate of drug-likeness (QED) is 0.734. The summed E-state index contributed by atoms with van der Waals surface area (Å²) in [6.07, 6.45) is 0.463. The van der Waals surface area contributed by atoms with Gasteiger partial charge in [-0.1, -0.05) is 5.16 Å². The maximum absolute atomic E-state index is 13.0. The van der Waals surface area contributed by atoms with Gasteiger partial charge in [-0.25, -0.2) is 4.98 Å². The number of pyridine rings is 1. The lowest BCUT2D eigenvalue weighted by molar-refractivity contribution is -0.137. The summed E-state index contributed by atoms with van der Waals surface area (Å²) in [6, 6.07) is 1.84. The Bertz CT molecular complexity index is 885. The van der Waals surface area contributed by atoms with Crippen LogP contribution in [0.1, 0.15) is 35.4 Å². The summed E-state index contributed by atoms with van der Waals surface area (Å²) < 4.78 is 51.1. The molecule has 0 fully saturated rings. The lowest BCUT2D eigenvalue weighted by atomic mass is 9.97. The molecule has 0 N–H and O–H groups in total. The van der Waals surface area contributed by atoms with Gasteiger partial charge in [0.15, 0.2) is 5.65 Å². The Morgan fingerprint density at radius 1 is 1.21 bits per heavy atom. The first-order valence-electron chi connectivity index (χ1n) is 7.52. The Hall–Kier alpha value is -2.58. The van der Waals surface area contributed by atoms with Crippen LogP contribution in [-0.4, -0.2) is 19.8 Å². The molecule has 0 saturated carbocycles. The van der Waals surface area contributed by atoms with Gasteiger partial charge in [-0.3, -0.25) is 0 Å². The van der Waals surface area contributed by atoms with Crippen LogP contribution < -0.4 is 4.74 Å². The Labute approximate surface area is 134 Å². The van der Waals surface area contributed by atoms with Crippen LogP contribution in [0, 0.1) is 0 Å². The highest BCUT2D eigenvalue weighted by molar-refractivity contribution is 5.45. The van der Waals surface area contributed by atoms with E-state index in [1.165, 1.54) is 10.8 Å². The lowest BCUT2D eigenvalue weighted by Crippen LogP contribution is -2.10. The maximum Gasteiger partial charge on any atom is 0.416 e. The molecule has 1 aliphatic rings. The largest absolute Gasteiger partial charge is 0.471 e. The zero-order valence-electron chi connectivity index (χ0n) is 12.5. The monoisotopic (exact) mass is 338 g/mol. The fraction of sp³-hybridized carbons (Fsp3) is 0.400. The number of alkyl halides is 3. The normalized spacial score (nSPS) is 14.8. The zero-order valence-corrected chi connectivity index (χ0v) is 12.5. The molecule has 0 spiro atoms. The Balaban J connectivity index is 1.64. The van der Waals surface area contributed by atoms with Crippen molar-refractivity contribution in [3.63, 3.8) is 0 Å². The van der Waals surface area contributed by atoms with Gasteiger partial charge in [0.25, 0.3) is 0 Å². The summed E-state index contributed by atoms with van der Waals surface area (Å²) in [5.74, 6) is 0.805. The first-order chi connectivity index (χ1) is 11.5. The molecule has 4 rings (SSSR count). The van der Waals surface area contributed by atoms with Crippen LogP contribution in [0.3, 0.4) is 0 Å². The van der Waals surface area contributed by atoms with Crippen LogP contribution in [-0.2, 0) is 25.6 Å². The van der Waals surface area contributed by atoms with E-state index in [1.807, 2.05) is 0 Å². The van der Waals surface area contributed by atoms with Crippen LogP contribution in [0.5, 0.6) is 5.88 Å². The number of aryl methyl sites for hydroxylation is 1. The van der Waals surface area contributed by atoms with E-state index in [-0.39, 0.29) is 18.1 Å². The van der Waals surface area contributed by atoms with Crippen molar-refractivity contribution in [1.29, 1.82) is 0 Å². The summed E-state index contributed by atoms with van der Waals surface area (Å²) in [7, 11) is 0. The molecule has 0 aliphatic heterocycles. The summed E-state index contributed by atoms with van der Waals surface area (Å²) in [5.41, 5.74) is 0.862. The minimum atomic E-state index is -4.49. The SMILES string of the molecule is FC(F)(F)c1cc(OCc2noc3c2CCCC3)n2ncnc2c1. The number of aromatic nitrogens is 4. The van der Waals surface area contributed by atoms with E-state index in [0.29, 0.717) is 5.69 Å². The molecule has 0 atom stereocenters. The van der Waals surface area contributed by atoms with Gasteiger partial charge in [0, 0.05) is 18.1 Å². The molecule has 0 unspecified atom stereocenters. The van der Waals surface area contributed by atoms with Gasteiger partial charge in [0.1, 0.15) is 24.4 Å². The molecule has 0 aromatic carbocycles. The van der Waals surface area contributed by atoms with Gasteiger partial charge in [0.2, 0.25) is 5.88 Å². The van der Waals surface area contributed by atoms with Crippen molar-refractivity contribution < 1.29 is 22.4 Å². The number of nitrogens with zero attached hydrogens (tertiary/aromatic N) is 4. The van der Waals surface area contributed by atoms with Crippen LogP contribution >= 0.6 is 0 Å². The Kier molecular flexibility index (Phi) is 3.43. The van der Waals surface area contributed by atoms with Crippen molar-refractivity contribution in [2.45, 2.75) is 38.5 Å². The third-order valence-electron chi connectivity index (χ3n) is 4.06. The standard InChI is InChI=1S/C15H13F3N4O2/c16-15(17,18)9-5-13-19-8-20-22(13)14(6-9)23-7-11-10-3-1-2-4-12(10)24-21-11/h5-6,8H,1-4,7H2. The minimum Gasteiger partial charge on any atom is -0.471 e. The average Bonchev–Trinajstić information content (AvgIpc) is 3.18. The predicted octanol–water partition coefficient (Wildman–Crippen LogP) is 3.19. The van der Waals surface area contributed by atoms with Gasteiger partial charge < -0.3 is 9.26 Å². The number of halogens is 3. The van der Waals surface area contributed by atoms with Crippen molar-refractivity contribution in [1.82, 2.24) is 19.8 Å². The second-order valence-electron chi connectivity index (χ2n) is 5.64. The molecule has 0 saturated heterocycles. The minimum absolute atomic E-state index is 0.0229. The molecule has 3 heterocycles. The third-order valence-corrected chi connectivity index (χ3v) is 4.06. The van der Waals surface area contributed by atoms with Crippen LogP contribution in [0.2, 0.25) is 0 Å². The van der Waals surface area contributed by atoms with Crippen LogP contribution in [0.4, 0.5) is 13.2 Å². The molecule has 126 valence electrons. The molecular formula is C15H13F3N4O2. The van der Waals surface area contributed by atoms with Crippen LogP contribution in [0.25, 0.3) is 5.65 Å². The van der Waals surface area contributed by atoms with Crippen molar-refractivity contribution in [3.05, 3.63) is 41.0 Å². The number of rotatable bonds is 3. The van der Waals surface area contributed by atoms with Gasteiger partial charge in [-0.05, 0) is 25.3 Å². The van der Waals surface area contributed by atoms with E-state index < -0.39 is 11.7 Å². The topological polar surface area (TPSA) is 65.5 Å². The molecule has 24 heavy (non-hydrogen) atoms. The molecule has 0 bridgehead atoms. The smallest absolute Gasteiger partial charge is 0.416 e.